The molecule has 0 aliphatic carbocycles. The zero-order valence-corrected chi connectivity index (χ0v) is 17.1. The first-order valence-electron chi connectivity index (χ1n) is 9.60. The van der Waals surface area contributed by atoms with Crippen LogP contribution >= 0.6 is 11.3 Å². The highest BCUT2D eigenvalue weighted by atomic mass is 32.1. The number of nitrogens with one attached hydrogen (secondary N) is 1. The SMILES string of the molecule is O=C(COc1ccc2c(c1)OC(=Cc1cccs1)C2=O)Nc1ccc2c(c1)OCCO2. The third-order valence-electron chi connectivity index (χ3n) is 4.65. The van der Waals surface area contributed by atoms with Gasteiger partial charge in [0, 0.05) is 28.8 Å². The number of fused-ring (bicyclic) bond motifs is 2. The standard InChI is InChI=1S/C23H17NO6S/c25-22(24-14-3-6-18-20(10-14)28-8-7-27-18)13-29-15-4-5-17-19(11-15)30-21(23(17)26)12-16-2-1-9-31-16/h1-6,9-12H,7-8,13H2,(H,24,25). The minimum absolute atomic E-state index is 0.175. The summed E-state index contributed by atoms with van der Waals surface area (Å²) in [6, 6.07) is 13.9. The number of anilines is 1. The number of allylic oxidation sites excluding steroid dienone is 1. The summed E-state index contributed by atoms with van der Waals surface area (Å²) in [7, 11) is 0. The van der Waals surface area contributed by atoms with Gasteiger partial charge in [0.1, 0.15) is 24.7 Å². The summed E-state index contributed by atoms with van der Waals surface area (Å²) in [5, 5.41) is 4.69. The normalized spacial score (nSPS) is 15.4. The second kappa shape index (κ2) is 8.16. The Balaban J connectivity index is 1.21. The molecule has 0 saturated carbocycles. The zero-order chi connectivity index (χ0) is 21.2. The van der Waals surface area contributed by atoms with Crippen molar-refractivity contribution in [1.29, 1.82) is 0 Å². The first-order valence-corrected chi connectivity index (χ1v) is 10.5. The number of carbonyl (C=O) groups excluding carboxylic acids is 2. The van der Waals surface area contributed by atoms with E-state index in [1.165, 1.54) is 11.3 Å². The van der Waals surface area contributed by atoms with Crippen LogP contribution in [-0.4, -0.2) is 31.5 Å². The second-order valence-electron chi connectivity index (χ2n) is 6.81. The number of rotatable bonds is 5. The summed E-state index contributed by atoms with van der Waals surface area (Å²) < 4.78 is 22.3. The Morgan fingerprint density at radius 2 is 1.94 bits per heavy atom. The van der Waals surface area contributed by atoms with Crippen molar-refractivity contribution in [3.8, 4) is 23.0 Å². The molecule has 0 fully saturated rings. The summed E-state index contributed by atoms with van der Waals surface area (Å²) in [5.74, 6) is 1.86. The van der Waals surface area contributed by atoms with Crippen molar-refractivity contribution in [3.05, 3.63) is 70.1 Å². The lowest BCUT2D eigenvalue weighted by Crippen LogP contribution is -2.20. The third kappa shape index (κ3) is 4.10. The van der Waals surface area contributed by atoms with Gasteiger partial charge in [0.15, 0.2) is 23.9 Å². The van der Waals surface area contributed by atoms with Gasteiger partial charge in [-0.3, -0.25) is 9.59 Å². The maximum absolute atomic E-state index is 12.5. The molecule has 1 aromatic heterocycles. The smallest absolute Gasteiger partial charge is 0.262 e. The van der Waals surface area contributed by atoms with Crippen molar-refractivity contribution in [3.63, 3.8) is 0 Å². The Kier molecular flexibility index (Phi) is 5.05. The van der Waals surface area contributed by atoms with Gasteiger partial charge in [0.25, 0.3) is 5.91 Å². The molecule has 2 aliphatic rings. The Morgan fingerprint density at radius 3 is 2.77 bits per heavy atom. The summed E-state index contributed by atoms with van der Waals surface area (Å²) in [5.41, 5.74) is 1.06. The predicted molar refractivity (Wildman–Crippen MR) is 115 cm³/mol. The number of benzene rings is 2. The van der Waals surface area contributed by atoms with Crippen LogP contribution in [0.3, 0.4) is 0 Å². The van der Waals surface area contributed by atoms with Crippen LogP contribution in [0.2, 0.25) is 0 Å². The topological polar surface area (TPSA) is 83.1 Å². The van der Waals surface area contributed by atoms with Crippen molar-refractivity contribution in [2.24, 2.45) is 0 Å². The van der Waals surface area contributed by atoms with Gasteiger partial charge >= 0.3 is 0 Å². The Hall–Kier alpha value is -3.78. The average Bonchev–Trinajstić information content (AvgIpc) is 3.40. The molecule has 31 heavy (non-hydrogen) atoms. The number of thiophene rings is 1. The van der Waals surface area contributed by atoms with Gasteiger partial charge in [-0.05, 0) is 35.7 Å². The van der Waals surface area contributed by atoms with E-state index < -0.39 is 0 Å². The highest BCUT2D eigenvalue weighted by Crippen LogP contribution is 2.35. The van der Waals surface area contributed by atoms with Crippen molar-refractivity contribution in [2.75, 3.05) is 25.1 Å². The van der Waals surface area contributed by atoms with E-state index in [9.17, 15) is 9.59 Å². The molecule has 0 saturated heterocycles. The van der Waals surface area contributed by atoms with Gasteiger partial charge in [-0.2, -0.15) is 0 Å². The van der Waals surface area contributed by atoms with E-state index in [-0.39, 0.29) is 24.1 Å². The second-order valence-corrected chi connectivity index (χ2v) is 7.79. The molecular formula is C23H17NO6S. The third-order valence-corrected chi connectivity index (χ3v) is 5.47. The van der Waals surface area contributed by atoms with Gasteiger partial charge in [-0.25, -0.2) is 0 Å². The van der Waals surface area contributed by atoms with Crippen molar-refractivity contribution in [2.45, 2.75) is 0 Å². The van der Waals surface area contributed by atoms with Crippen LogP contribution in [0.5, 0.6) is 23.0 Å². The Morgan fingerprint density at radius 1 is 1.06 bits per heavy atom. The predicted octanol–water partition coefficient (Wildman–Crippen LogP) is 4.15. The maximum atomic E-state index is 12.5. The van der Waals surface area contributed by atoms with E-state index in [1.54, 1.807) is 42.5 Å². The van der Waals surface area contributed by atoms with Crippen LogP contribution < -0.4 is 24.3 Å². The van der Waals surface area contributed by atoms with E-state index in [0.29, 0.717) is 47.5 Å². The van der Waals surface area contributed by atoms with Crippen LogP contribution in [0, 0.1) is 0 Å². The molecule has 1 amide bonds. The number of Topliss-reactive ketones (excluding diaryl/α,β-unsaturated/α-hetero) is 1. The molecule has 8 heteroatoms. The average molecular weight is 435 g/mol. The minimum atomic E-state index is -0.326. The van der Waals surface area contributed by atoms with E-state index in [1.807, 2.05) is 17.5 Å². The summed E-state index contributed by atoms with van der Waals surface area (Å²) in [6.45, 7) is 0.785. The molecule has 1 N–H and O–H groups in total. The molecule has 5 rings (SSSR count). The molecule has 0 bridgehead atoms. The molecule has 2 aliphatic heterocycles. The highest BCUT2D eigenvalue weighted by molar-refractivity contribution is 7.10. The van der Waals surface area contributed by atoms with Crippen molar-refractivity contribution in [1.82, 2.24) is 0 Å². The Bertz CT molecular complexity index is 1180. The van der Waals surface area contributed by atoms with Crippen molar-refractivity contribution >= 4 is 34.8 Å². The monoisotopic (exact) mass is 435 g/mol. The quantitative estimate of drug-likeness (QED) is 0.606. The Labute approximate surface area is 181 Å². The van der Waals surface area contributed by atoms with Crippen LogP contribution in [-0.2, 0) is 4.79 Å². The summed E-state index contributed by atoms with van der Waals surface area (Å²) in [6.07, 6.45) is 1.72. The number of amides is 1. The van der Waals surface area contributed by atoms with Crippen LogP contribution in [0.1, 0.15) is 15.2 Å². The fourth-order valence-corrected chi connectivity index (χ4v) is 3.87. The van der Waals surface area contributed by atoms with Gasteiger partial charge in [0.05, 0.1) is 5.56 Å². The molecule has 156 valence electrons. The fraction of sp³-hybridized carbons (Fsp3) is 0.130. The van der Waals surface area contributed by atoms with E-state index >= 15 is 0 Å². The van der Waals surface area contributed by atoms with Crippen LogP contribution in [0.4, 0.5) is 5.69 Å². The molecular weight excluding hydrogens is 418 g/mol. The van der Waals surface area contributed by atoms with E-state index in [2.05, 4.69) is 5.32 Å². The highest BCUT2D eigenvalue weighted by Gasteiger charge is 2.28. The largest absolute Gasteiger partial charge is 0.486 e. The number of ether oxygens (including phenoxy) is 4. The lowest BCUT2D eigenvalue weighted by Gasteiger charge is -2.19. The molecule has 0 atom stereocenters. The number of ketones is 1. The lowest BCUT2D eigenvalue weighted by atomic mass is 10.1. The first kappa shape index (κ1) is 19.2. The number of carbonyl (C=O) groups is 2. The van der Waals surface area contributed by atoms with Gasteiger partial charge in [-0.1, -0.05) is 6.07 Å². The molecule has 3 aromatic rings. The maximum Gasteiger partial charge on any atom is 0.262 e. The minimum Gasteiger partial charge on any atom is -0.486 e. The number of hydrogen-bond donors (Lipinski definition) is 1. The van der Waals surface area contributed by atoms with Gasteiger partial charge in [0.2, 0.25) is 5.78 Å². The lowest BCUT2D eigenvalue weighted by molar-refractivity contribution is -0.118. The molecule has 7 nitrogen and oxygen atoms in total. The van der Waals surface area contributed by atoms with Gasteiger partial charge in [-0.15, -0.1) is 11.3 Å². The molecule has 0 radical (unpaired) electrons. The molecule has 0 unspecified atom stereocenters. The molecule has 3 heterocycles. The molecule has 2 aromatic carbocycles. The first-order chi connectivity index (χ1) is 15.2. The molecule has 0 spiro atoms. The van der Waals surface area contributed by atoms with Crippen molar-refractivity contribution < 1.29 is 28.5 Å². The summed E-state index contributed by atoms with van der Waals surface area (Å²) in [4.78, 5) is 25.7. The van der Waals surface area contributed by atoms with Crippen LogP contribution in [0.25, 0.3) is 6.08 Å². The fourth-order valence-electron chi connectivity index (χ4n) is 3.23. The zero-order valence-electron chi connectivity index (χ0n) is 16.3. The van der Waals surface area contributed by atoms with Gasteiger partial charge < -0.3 is 24.3 Å². The van der Waals surface area contributed by atoms with E-state index in [4.69, 9.17) is 18.9 Å². The number of hydrogen-bond acceptors (Lipinski definition) is 7. The van der Waals surface area contributed by atoms with E-state index in [0.717, 1.165) is 4.88 Å². The summed E-state index contributed by atoms with van der Waals surface area (Å²) >= 11 is 1.52. The van der Waals surface area contributed by atoms with Crippen LogP contribution in [0.15, 0.2) is 59.7 Å².